The molecule has 0 N–H and O–H groups in total. The van der Waals surface area contributed by atoms with E-state index in [9.17, 15) is 8.42 Å². The zero-order chi connectivity index (χ0) is 16.6. The van der Waals surface area contributed by atoms with Gasteiger partial charge in [0.05, 0.1) is 25.5 Å². The van der Waals surface area contributed by atoms with E-state index in [0.717, 1.165) is 9.75 Å². The topological polar surface area (TPSA) is 63.0 Å². The highest BCUT2D eigenvalue weighted by Gasteiger charge is 2.45. The van der Waals surface area contributed by atoms with Crippen LogP contribution in [0.25, 0.3) is 0 Å². The number of furan rings is 1. The van der Waals surface area contributed by atoms with Crippen molar-refractivity contribution < 1.29 is 17.7 Å². The molecule has 3 heterocycles. The van der Waals surface area contributed by atoms with Gasteiger partial charge >= 0.3 is 0 Å². The lowest BCUT2D eigenvalue weighted by molar-refractivity contribution is -0.110. The third-order valence-electron chi connectivity index (χ3n) is 4.01. The van der Waals surface area contributed by atoms with Gasteiger partial charge in [0.2, 0.25) is 10.0 Å². The van der Waals surface area contributed by atoms with E-state index >= 15 is 0 Å². The molecule has 126 valence electrons. The van der Waals surface area contributed by atoms with Gasteiger partial charge in [0.15, 0.2) is 0 Å². The second-order valence-electron chi connectivity index (χ2n) is 5.65. The number of hydroxylamine groups is 2. The van der Waals surface area contributed by atoms with Crippen LogP contribution in [0.2, 0.25) is 0 Å². The zero-order valence-electron chi connectivity index (χ0n) is 13.3. The Kier molecular flexibility index (Phi) is 4.61. The Morgan fingerprint density at radius 3 is 2.78 bits per heavy atom. The lowest BCUT2D eigenvalue weighted by Crippen LogP contribution is -2.39. The summed E-state index contributed by atoms with van der Waals surface area (Å²) in [6.45, 7) is 2.38. The number of thiophene rings is 1. The van der Waals surface area contributed by atoms with Crippen molar-refractivity contribution in [3.05, 3.63) is 46.0 Å². The fourth-order valence-electron chi connectivity index (χ4n) is 2.76. The molecule has 3 rings (SSSR count). The van der Waals surface area contributed by atoms with Crippen molar-refractivity contribution in [2.45, 2.75) is 24.8 Å². The lowest BCUT2D eigenvalue weighted by Gasteiger charge is -2.25. The van der Waals surface area contributed by atoms with Crippen molar-refractivity contribution in [2.24, 2.45) is 0 Å². The van der Waals surface area contributed by atoms with E-state index in [4.69, 9.17) is 9.25 Å². The first kappa shape index (κ1) is 16.7. The smallest absolute Gasteiger partial charge is 0.221 e. The first-order valence-corrected chi connectivity index (χ1v) is 9.61. The molecular weight excluding hydrogens is 336 g/mol. The van der Waals surface area contributed by atoms with Gasteiger partial charge in [-0.3, -0.25) is 4.84 Å². The van der Waals surface area contributed by atoms with E-state index in [1.807, 2.05) is 19.1 Å². The van der Waals surface area contributed by atoms with Gasteiger partial charge in [0, 0.05) is 23.8 Å². The monoisotopic (exact) mass is 356 g/mol. The largest absolute Gasteiger partial charge is 0.468 e. The third-order valence-corrected chi connectivity index (χ3v) is 7.24. The molecule has 0 bridgehead atoms. The van der Waals surface area contributed by atoms with Crippen molar-refractivity contribution in [1.82, 2.24) is 9.37 Å². The normalized spacial score (nSPS) is 23.0. The van der Waals surface area contributed by atoms with Gasteiger partial charge in [-0.2, -0.15) is 9.37 Å². The minimum atomic E-state index is -3.52. The fourth-order valence-corrected chi connectivity index (χ4v) is 5.57. The Morgan fingerprint density at radius 1 is 1.39 bits per heavy atom. The van der Waals surface area contributed by atoms with E-state index in [-0.39, 0.29) is 19.2 Å². The zero-order valence-corrected chi connectivity index (χ0v) is 14.9. The first-order valence-electron chi connectivity index (χ1n) is 7.29. The quantitative estimate of drug-likeness (QED) is 0.823. The molecule has 1 aliphatic rings. The standard InChI is InChI=1S/C15H20N2O4S2/c1-11-6-7-13(22-11)15-14(10-21-17(15)3)23(18,19)16(2)9-12-5-4-8-20-12/h4-8,14-15H,9-10H2,1-3H3. The summed E-state index contributed by atoms with van der Waals surface area (Å²) in [6.07, 6.45) is 1.54. The number of hydrogen-bond acceptors (Lipinski definition) is 6. The van der Waals surface area contributed by atoms with Crippen molar-refractivity contribution in [1.29, 1.82) is 0 Å². The second-order valence-corrected chi connectivity index (χ2v) is 9.23. The van der Waals surface area contributed by atoms with Gasteiger partial charge in [-0.05, 0) is 31.2 Å². The van der Waals surface area contributed by atoms with Gasteiger partial charge in [-0.1, -0.05) is 0 Å². The predicted molar refractivity (Wildman–Crippen MR) is 88.4 cm³/mol. The van der Waals surface area contributed by atoms with Crippen LogP contribution in [0.15, 0.2) is 34.9 Å². The van der Waals surface area contributed by atoms with Crippen LogP contribution in [-0.4, -0.2) is 43.7 Å². The average molecular weight is 356 g/mol. The summed E-state index contributed by atoms with van der Waals surface area (Å²) in [5.74, 6) is 0.617. The number of hydrogen-bond donors (Lipinski definition) is 0. The summed E-state index contributed by atoms with van der Waals surface area (Å²) in [7, 11) is -0.167. The minimum absolute atomic E-state index is 0.156. The highest BCUT2D eigenvalue weighted by Crippen LogP contribution is 2.38. The molecule has 0 aromatic carbocycles. The van der Waals surface area contributed by atoms with E-state index in [1.165, 1.54) is 4.31 Å². The molecule has 0 spiro atoms. The first-order chi connectivity index (χ1) is 10.9. The highest BCUT2D eigenvalue weighted by atomic mass is 32.2. The molecule has 23 heavy (non-hydrogen) atoms. The molecule has 8 heteroatoms. The molecule has 2 aromatic heterocycles. The van der Waals surface area contributed by atoms with E-state index in [2.05, 4.69) is 0 Å². The van der Waals surface area contributed by atoms with Gasteiger partial charge in [-0.25, -0.2) is 8.42 Å². The summed E-state index contributed by atoms with van der Waals surface area (Å²) in [6, 6.07) is 7.20. The Bertz CT molecular complexity index is 754. The maximum Gasteiger partial charge on any atom is 0.221 e. The molecule has 1 saturated heterocycles. The Labute approximate surface area is 140 Å². The van der Waals surface area contributed by atoms with E-state index < -0.39 is 15.3 Å². The molecule has 1 fully saturated rings. The van der Waals surface area contributed by atoms with Crippen LogP contribution >= 0.6 is 11.3 Å². The summed E-state index contributed by atoms with van der Waals surface area (Å²) >= 11 is 1.60. The number of sulfonamides is 1. The summed E-state index contributed by atoms with van der Waals surface area (Å²) in [5.41, 5.74) is 0. The summed E-state index contributed by atoms with van der Waals surface area (Å²) in [5, 5.41) is 1.01. The molecular formula is C15H20N2O4S2. The Morgan fingerprint density at radius 2 is 2.17 bits per heavy atom. The lowest BCUT2D eigenvalue weighted by atomic mass is 10.2. The van der Waals surface area contributed by atoms with E-state index in [1.54, 1.807) is 48.9 Å². The van der Waals surface area contributed by atoms with Crippen LogP contribution < -0.4 is 0 Å². The molecule has 0 radical (unpaired) electrons. The van der Waals surface area contributed by atoms with Crippen LogP contribution in [0.4, 0.5) is 0 Å². The molecule has 0 aliphatic carbocycles. The minimum Gasteiger partial charge on any atom is -0.468 e. The molecule has 1 aliphatic heterocycles. The average Bonchev–Trinajstić information content (AvgIpc) is 3.20. The van der Waals surface area contributed by atoms with Crippen LogP contribution in [-0.2, 0) is 21.4 Å². The van der Waals surface area contributed by atoms with Crippen molar-refractivity contribution in [3.8, 4) is 0 Å². The SMILES string of the molecule is Cc1ccc(C2C(S(=O)(=O)N(C)Cc3ccco3)CON2C)s1. The number of rotatable bonds is 5. The Balaban J connectivity index is 1.85. The second kappa shape index (κ2) is 6.37. The molecule has 0 amide bonds. The third kappa shape index (κ3) is 3.22. The molecule has 2 unspecified atom stereocenters. The van der Waals surface area contributed by atoms with Gasteiger partial charge in [0.25, 0.3) is 0 Å². The number of nitrogens with zero attached hydrogens (tertiary/aromatic N) is 2. The van der Waals surface area contributed by atoms with Gasteiger partial charge in [-0.15, -0.1) is 11.3 Å². The predicted octanol–water partition coefficient (Wildman–Crippen LogP) is 2.40. The van der Waals surface area contributed by atoms with Gasteiger partial charge in [0.1, 0.15) is 11.0 Å². The van der Waals surface area contributed by atoms with Crippen molar-refractivity contribution >= 4 is 21.4 Å². The molecule has 0 saturated carbocycles. The van der Waals surface area contributed by atoms with Crippen molar-refractivity contribution in [2.75, 3.05) is 20.7 Å². The Hall–Kier alpha value is -1.19. The summed E-state index contributed by atoms with van der Waals surface area (Å²) in [4.78, 5) is 7.68. The highest BCUT2D eigenvalue weighted by molar-refractivity contribution is 7.89. The van der Waals surface area contributed by atoms with Crippen LogP contribution in [0.5, 0.6) is 0 Å². The molecule has 6 nitrogen and oxygen atoms in total. The van der Waals surface area contributed by atoms with Crippen LogP contribution in [0, 0.1) is 6.92 Å². The molecule has 2 aromatic rings. The van der Waals surface area contributed by atoms with E-state index in [0.29, 0.717) is 5.76 Å². The van der Waals surface area contributed by atoms with Crippen LogP contribution in [0.3, 0.4) is 0 Å². The molecule has 2 atom stereocenters. The van der Waals surface area contributed by atoms with Crippen molar-refractivity contribution in [3.63, 3.8) is 0 Å². The fraction of sp³-hybridized carbons (Fsp3) is 0.467. The van der Waals surface area contributed by atoms with Gasteiger partial charge < -0.3 is 4.42 Å². The maximum atomic E-state index is 13.0. The van der Waals surface area contributed by atoms with Crippen LogP contribution in [0.1, 0.15) is 21.6 Å². The maximum absolute atomic E-state index is 13.0. The summed E-state index contributed by atoms with van der Waals surface area (Å²) < 4.78 is 32.5. The number of aryl methyl sites for hydroxylation is 1.